The maximum absolute atomic E-state index is 5.70. The topological polar surface area (TPSA) is 21.3 Å². The highest BCUT2D eigenvalue weighted by molar-refractivity contribution is 4.83. The lowest BCUT2D eigenvalue weighted by Crippen LogP contribution is -2.36. The molecular formula is C15H31NO. The van der Waals surface area contributed by atoms with Crippen molar-refractivity contribution in [1.82, 2.24) is 5.32 Å². The molecule has 0 aromatic rings. The maximum atomic E-state index is 5.70. The average molecular weight is 241 g/mol. The van der Waals surface area contributed by atoms with Crippen LogP contribution < -0.4 is 5.32 Å². The first kappa shape index (κ1) is 15.0. The van der Waals surface area contributed by atoms with Gasteiger partial charge in [0.15, 0.2) is 0 Å². The molecule has 1 saturated heterocycles. The second-order valence-electron chi connectivity index (χ2n) is 5.69. The predicted molar refractivity (Wildman–Crippen MR) is 74.3 cm³/mol. The highest BCUT2D eigenvalue weighted by atomic mass is 16.5. The van der Waals surface area contributed by atoms with Crippen molar-refractivity contribution in [2.24, 2.45) is 11.8 Å². The third-order valence-electron chi connectivity index (χ3n) is 4.30. The summed E-state index contributed by atoms with van der Waals surface area (Å²) in [5, 5.41) is 3.53. The first-order chi connectivity index (χ1) is 8.21. The minimum Gasteiger partial charge on any atom is -0.378 e. The van der Waals surface area contributed by atoms with Crippen molar-refractivity contribution in [1.29, 1.82) is 0 Å². The van der Waals surface area contributed by atoms with Gasteiger partial charge in [-0.1, -0.05) is 39.5 Å². The fourth-order valence-electron chi connectivity index (χ4n) is 3.02. The van der Waals surface area contributed by atoms with Crippen LogP contribution in [0.1, 0.15) is 59.3 Å². The van der Waals surface area contributed by atoms with Crippen LogP contribution in [-0.4, -0.2) is 25.8 Å². The Morgan fingerprint density at radius 2 is 2.12 bits per heavy atom. The molecule has 4 unspecified atom stereocenters. The zero-order valence-corrected chi connectivity index (χ0v) is 12.2. The van der Waals surface area contributed by atoms with Gasteiger partial charge in [0.2, 0.25) is 0 Å². The molecule has 0 radical (unpaired) electrons. The molecular weight excluding hydrogens is 210 g/mol. The van der Waals surface area contributed by atoms with Crippen LogP contribution in [0.3, 0.4) is 0 Å². The first-order valence-electron chi connectivity index (χ1n) is 7.50. The van der Waals surface area contributed by atoms with E-state index in [2.05, 4.69) is 33.1 Å². The number of unbranched alkanes of at least 4 members (excludes halogenated alkanes) is 1. The Morgan fingerprint density at radius 1 is 1.35 bits per heavy atom. The van der Waals surface area contributed by atoms with E-state index in [0.717, 1.165) is 18.4 Å². The fraction of sp³-hybridized carbons (Fsp3) is 1.00. The number of hydrogen-bond donors (Lipinski definition) is 1. The lowest BCUT2D eigenvalue weighted by molar-refractivity contribution is 0.115. The van der Waals surface area contributed by atoms with Gasteiger partial charge in [0.05, 0.1) is 12.7 Å². The monoisotopic (exact) mass is 241 g/mol. The van der Waals surface area contributed by atoms with E-state index < -0.39 is 0 Å². The Bertz CT molecular complexity index is 195. The lowest BCUT2D eigenvalue weighted by atomic mass is 9.85. The van der Waals surface area contributed by atoms with Gasteiger partial charge in [-0.05, 0) is 32.7 Å². The Hall–Kier alpha value is -0.0800. The highest BCUT2D eigenvalue weighted by Gasteiger charge is 2.29. The molecule has 1 rings (SSSR count). The minimum atomic E-state index is 0.464. The molecule has 1 aliphatic heterocycles. The Labute approximate surface area is 108 Å². The molecule has 1 aliphatic rings. The van der Waals surface area contributed by atoms with Crippen LogP contribution in [0.4, 0.5) is 0 Å². The molecule has 0 bridgehead atoms. The molecule has 0 aliphatic carbocycles. The third kappa shape index (κ3) is 4.97. The smallest absolute Gasteiger partial charge is 0.0551 e. The molecule has 2 heteroatoms. The minimum absolute atomic E-state index is 0.464. The van der Waals surface area contributed by atoms with E-state index in [1.54, 1.807) is 0 Å². The van der Waals surface area contributed by atoms with Crippen LogP contribution in [0.2, 0.25) is 0 Å². The van der Waals surface area contributed by atoms with E-state index in [4.69, 9.17) is 4.74 Å². The zero-order chi connectivity index (χ0) is 12.7. The number of nitrogens with one attached hydrogen (secondary N) is 1. The average Bonchev–Trinajstić information content (AvgIpc) is 2.76. The van der Waals surface area contributed by atoms with Gasteiger partial charge in [-0.15, -0.1) is 0 Å². The summed E-state index contributed by atoms with van der Waals surface area (Å²) in [6.07, 6.45) is 8.45. The Morgan fingerprint density at radius 3 is 2.59 bits per heavy atom. The molecule has 102 valence electrons. The maximum Gasteiger partial charge on any atom is 0.0551 e. The number of ether oxygens (including phenoxy) is 1. The molecule has 0 aromatic carbocycles. The first-order valence-corrected chi connectivity index (χ1v) is 7.50. The summed E-state index contributed by atoms with van der Waals surface area (Å²) in [4.78, 5) is 0. The van der Waals surface area contributed by atoms with Gasteiger partial charge in [-0.25, -0.2) is 0 Å². The number of hydrogen-bond acceptors (Lipinski definition) is 2. The van der Waals surface area contributed by atoms with Crippen molar-refractivity contribution in [2.75, 3.05) is 13.7 Å². The molecule has 0 aromatic heterocycles. The van der Waals surface area contributed by atoms with Crippen molar-refractivity contribution in [3.63, 3.8) is 0 Å². The Balaban J connectivity index is 2.38. The molecule has 17 heavy (non-hydrogen) atoms. The molecule has 2 nitrogen and oxygen atoms in total. The largest absolute Gasteiger partial charge is 0.378 e. The fourth-order valence-corrected chi connectivity index (χ4v) is 3.02. The van der Waals surface area contributed by atoms with Crippen LogP contribution in [0.15, 0.2) is 0 Å². The van der Waals surface area contributed by atoms with Crippen LogP contribution in [0.25, 0.3) is 0 Å². The van der Waals surface area contributed by atoms with Crippen molar-refractivity contribution in [3.8, 4) is 0 Å². The van der Waals surface area contributed by atoms with E-state index >= 15 is 0 Å². The molecule has 4 atom stereocenters. The summed E-state index contributed by atoms with van der Waals surface area (Å²) in [6, 6.07) is 0.654. The van der Waals surface area contributed by atoms with Crippen molar-refractivity contribution in [2.45, 2.75) is 71.4 Å². The van der Waals surface area contributed by atoms with Crippen molar-refractivity contribution < 1.29 is 4.74 Å². The normalized spacial score (nSPS) is 28.2. The quantitative estimate of drug-likeness (QED) is 0.701. The SMILES string of the molecule is CCCCC(CC)CC(NC)C1COC(C)C1. The van der Waals surface area contributed by atoms with Crippen LogP contribution in [-0.2, 0) is 4.74 Å². The lowest BCUT2D eigenvalue weighted by Gasteiger charge is -2.26. The van der Waals surface area contributed by atoms with Gasteiger partial charge in [-0.3, -0.25) is 0 Å². The van der Waals surface area contributed by atoms with Crippen LogP contribution in [0, 0.1) is 11.8 Å². The molecule has 0 amide bonds. The zero-order valence-electron chi connectivity index (χ0n) is 12.2. The third-order valence-corrected chi connectivity index (χ3v) is 4.30. The summed E-state index contributed by atoms with van der Waals surface area (Å²) < 4.78 is 5.70. The van der Waals surface area contributed by atoms with E-state index in [1.165, 1.54) is 38.5 Å². The molecule has 1 N–H and O–H groups in total. The van der Waals surface area contributed by atoms with Crippen LogP contribution in [0.5, 0.6) is 0 Å². The predicted octanol–water partition coefficient (Wildman–Crippen LogP) is 3.61. The highest BCUT2D eigenvalue weighted by Crippen LogP contribution is 2.28. The van der Waals surface area contributed by atoms with Gasteiger partial charge < -0.3 is 10.1 Å². The summed E-state index contributed by atoms with van der Waals surface area (Å²) >= 11 is 0. The van der Waals surface area contributed by atoms with E-state index in [-0.39, 0.29) is 0 Å². The van der Waals surface area contributed by atoms with Crippen molar-refractivity contribution in [3.05, 3.63) is 0 Å². The van der Waals surface area contributed by atoms with E-state index in [1.807, 2.05) is 0 Å². The molecule has 1 heterocycles. The molecule has 1 fully saturated rings. The number of rotatable bonds is 8. The second kappa shape index (κ2) is 8.10. The van der Waals surface area contributed by atoms with Gasteiger partial charge in [0.1, 0.15) is 0 Å². The summed E-state index contributed by atoms with van der Waals surface area (Å²) in [7, 11) is 2.11. The standard InChI is InChI=1S/C15H31NO/c1-5-7-8-13(6-2)10-15(16-4)14-9-12(3)17-11-14/h12-16H,5-11H2,1-4H3. The Kier molecular flexibility index (Phi) is 7.14. The second-order valence-corrected chi connectivity index (χ2v) is 5.69. The van der Waals surface area contributed by atoms with Gasteiger partial charge in [0, 0.05) is 12.0 Å². The van der Waals surface area contributed by atoms with Gasteiger partial charge in [0.25, 0.3) is 0 Å². The van der Waals surface area contributed by atoms with Crippen LogP contribution >= 0.6 is 0 Å². The van der Waals surface area contributed by atoms with Gasteiger partial charge in [-0.2, -0.15) is 0 Å². The van der Waals surface area contributed by atoms with Gasteiger partial charge >= 0.3 is 0 Å². The van der Waals surface area contributed by atoms with E-state index in [0.29, 0.717) is 12.1 Å². The van der Waals surface area contributed by atoms with Crippen molar-refractivity contribution >= 4 is 0 Å². The molecule has 0 spiro atoms. The summed E-state index contributed by atoms with van der Waals surface area (Å²) in [6.45, 7) is 7.77. The van der Waals surface area contributed by atoms with E-state index in [9.17, 15) is 0 Å². The summed E-state index contributed by atoms with van der Waals surface area (Å²) in [5.41, 5.74) is 0. The summed E-state index contributed by atoms with van der Waals surface area (Å²) in [5.74, 6) is 1.62. The molecule has 0 saturated carbocycles.